The topological polar surface area (TPSA) is 62.8 Å². The molecule has 2 heterocycles. The Kier molecular flexibility index (Phi) is 6.80. The van der Waals surface area contributed by atoms with Gasteiger partial charge in [-0.2, -0.15) is 0 Å². The summed E-state index contributed by atoms with van der Waals surface area (Å²) in [7, 11) is 3.40. The minimum Gasteiger partial charge on any atom is -0.497 e. The Morgan fingerprint density at radius 1 is 0.778 bits per heavy atom. The van der Waals surface area contributed by atoms with E-state index in [9.17, 15) is 0 Å². The molecule has 1 aliphatic rings. The number of nitrogens with zero attached hydrogens (tertiary/aromatic N) is 4. The van der Waals surface area contributed by atoms with Gasteiger partial charge in [0, 0.05) is 60.4 Å². The van der Waals surface area contributed by atoms with Gasteiger partial charge in [0.1, 0.15) is 11.5 Å². The van der Waals surface area contributed by atoms with Crippen molar-refractivity contribution in [3.63, 3.8) is 0 Å². The van der Waals surface area contributed by atoms with Gasteiger partial charge in [0.25, 0.3) is 0 Å². The lowest BCUT2D eigenvalue weighted by atomic mass is 9.99. The van der Waals surface area contributed by atoms with Crippen LogP contribution >= 0.6 is 0 Å². The van der Waals surface area contributed by atoms with Gasteiger partial charge in [0.2, 0.25) is 5.95 Å². The molecule has 5 rings (SSSR count). The molecule has 0 bridgehead atoms. The van der Waals surface area contributed by atoms with Crippen LogP contribution in [0.5, 0.6) is 11.5 Å². The van der Waals surface area contributed by atoms with E-state index in [0.717, 1.165) is 59.8 Å². The smallest absolute Gasteiger partial charge is 0.227 e. The first-order valence-electron chi connectivity index (χ1n) is 12.4. The number of anilines is 4. The molecule has 1 aliphatic heterocycles. The van der Waals surface area contributed by atoms with Gasteiger partial charge in [-0.3, -0.25) is 0 Å². The lowest BCUT2D eigenvalue weighted by molar-refractivity contribution is 0.408. The van der Waals surface area contributed by atoms with E-state index < -0.39 is 0 Å². The summed E-state index contributed by atoms with van der Waals surface area (Å²) < 4.78 is 10.9. The number of ether oxygens (including phenoxy) is 2. The van der Waals surface area contributed by atoms with Crippen LogP contribution < -0.4 is 24.6 Å². The number of piperazine rings is 1. The molecule has 0 radical (unpaired) electrons. The second kappa shape index (κ2) is 10.3. The van der Waals surface area contributed by atoms with Gasteiger partial charge in [-0.25, -0.2) is 9.97 Å². The predicted octanol–water partition coefficient (Wildman–Crippen LogP) is 5.84. The number of methoxy groups -OCH3 is 2. The number of fused-ring (bicyclic) bond motifs is 1. The van der Waals surface area contributed by atoms with Crippen LogP contribution in [0.25, 0.3) is 10.9 Å². The molecule has 0 saturated carbocycles. The van der Waals surface area contributed by atoms with Crippen LogP contribution in [0, 0.1) is 0 Å². The highest BCUT2D eigenvalue weighted by atomic mass is 16.5. The van der Waals surface area contributed by atoms with E-state index in [1.165, 1.54) is 11.4 Å². The maximum atomic E-state index is 5.59. The third-order valence-electron chi connectivity index (χ3n) is 6.76. The quantitative estimate of drug-likeness (QED) is 0.354. The number of hydrogen-bond donors (Lipinski definition) is 1. The van der Waals surface area contributed by atoms with Crippen LogP contribution in [-0.4, -0.2) is 50.4 Å². The molecule has 1 fully saturated rings. The largest absolute Gasteiger partial charge is 0.497 e. The number of rotatable bonds is 7. The Balaban J connectivity index is 1.26. The normalized spacial score (nSPS) is 13.8. The third-order valence-corrected chi connectivity index (χ3v) is 6.76. The van der Waals surface area contributed by atoms with Gasteiger partial charge >= 0.3 is 0 Å². The standard InChI is InChI=1S/C29H33N5O2/c1-20(2)27-26(36-4)14-5-21-19-30-29(32-28(21)27)31-22-6-8-23(9-7-22)33-15-17-34(18-16-33)24-10-12-25(35-3)13-11-24/h5-14,19-20H,15-18H2,1-4H3,(H,30,31,32). The van der Waals surface area contributed by atoms with Crippen LogP contribution in [0.2, 0.25) is 0 Å². The lowest BCUT2D eigenvalue weighted by Crippen LogP contribution is -2.46. The van der Waals surface area contributed by atoms with Gasteiger partial charge in [-0.1, -0.05) is 13.8 Å². The summed E-state index contributed by atoms with van der Waals surface area (Å²) in [5.41, 5.74) is 5.45. The fourth-order valence-electron chi connectivity index (χ4n) is 4.80. The summed E-state index contributed by atoms with van der Waals surface area (Å²) in [6, 6.07) is 20.8. The van der Waals surface area contributed by atoms with E-state index in [1.54, 1.807) is 14.2 Å². The molecule has 186 valence electrons. The molecule has 7 nitrogen and oxygen atoms in total. The maximum absolute atomic E-state index is 5.59. The van der Waals surface area contributed by atoms with Crippen molar-refractivity contribution in [3.8, 4) is 11.5 Å². The van der Waals surface area contributed by atoms with Crippen LogP contribution in [0.3, 0.4) is 0 Å². The van der Waals surface area contributed by atoms with Crippen molar-refractivity contribution in [1.29, 1.82) is 0 Å². The number of hydrogen-bond acceptors (Lipinski definition) is 7. The molecule has 1 aromatic heterocycles. The first-order chi connectivity index (χ1) is 17.6. The number of aromatic nitrogens is 2. The minimum atomic E-state index is 0.288. The van der Waals surface area contributed by atoms with Crippen molar-refractivity contribution in [2.45, 2.75) is 19.8 Å². The Morgan fingerprint density at radius 3 is 1.94 bits per heavy atom. The van der Waals surface area contributed by atoms with Gasteiger partial charge < -0.3 is 24.6 Å². The molecule has 0 atom stereocenters. The lowest BCUT2D eigenvalue weighted by Gasteiger charge is -2.37. The molecule has 3 aromatic carbocycles. The predicted molar refractivity (Wildman–Crippen MR) is 147 cm³/mol. The first-order valence-corrected chi connectivity index (χ1v) is 12.4. The van der Waals surface area contributed by atoms with E-state index in [1.807, 2.05) is 30.5 Å². The molecule has 0 aliphatic carbocycles. The third kappa shape index (κ3) is 4.87. The van der Waals surface area contributed by atoms with Crippen LogP contribution in [0.4, 0.5) is 23.0 Å². The average molecular weight is 484 g/mol. The summed E-state index contributed by atoms with van der Waals surface area (Å²) in [6.45, 7) is 8.24. The first kappa shape index (κ1) is 23.7. The van der Waals surface area contributed by atoms with E-state index in [4.69, 9.17) is 14.5 Å². The van der Waals surface area contributed by atoms with Crippen molar-refractivity contribution >= 4 is 33.9 Å². The average Bonchev–Trinajstić information content (AvgIpc) is 2.92. The molecule has 1 N–H and O–H groups in total. The summed E-state index contributed by atoms with van der Waals surface area (Å²) in [5, 5.41) is 4.38. The van der Waals surface area contributed by atoms with Crippen LogP contribution in [0.15, 0.2) is 66.9 Å². The van der Waals surface area contributed by atoms with Crippen molar-refractivity contribution in [2.75, 3.05) is 55.5 Å². The fraction of sp³-hybridized carbons (Fsp3) is 0.310. The van der Waals surface area contributed by atoms with Crippen molar-refractivity contribution < 1.29 is 9.47 Å². The van der Waals surface area contributed by atoms with Crippen LogP contribution in [-0.2, 0) is 0 Å². The highest BCUT2D eigenvalue weighted by Gasteiger charge is 2.18. The zero-order valence-corrected chi connectivity index (χ0v) is 21.4. The number of nitrogens with one attached hydrogen (secondary N) is 1. The van der Waals surface area contributed by atoms with Gasteiger partial charge in [-0.15, -0.1) is 0 Å². The molecule has 36 heavy (non-hydrogen) atoms. The second-order valence-corrected chi connectivity index (χ2v) is 9.31. The van der Waals surface area contributed by atoms with E-state index in [0.29, 0.717) is 5.95 Å². The summed E-state index contributed by atoms with van der Waals surface area (Å²) in [5.74, 6) is 2.62. The summed E-state index contributed by atoms with van der Waals surface area (Å²) in [6.07, 6.45) is 1.87. The minimum absolute atomic E-state index is 0.288. The molecule has 0 unspecified atom stereocenters. The van der Waals surface area contributed by atoms with Crippen molar-refractivity contribution in [2.24, 2.45) is 0 Å². The molecule has 7 heteroatoms. The van der Waals surface area contributed by atoms with E-state index >= 15 is 0 Å². The Hall–Kier alpha value is -4.00. The van der Waals surface area contributed by atoms with Gasteiger partial charge in [0.05, 0.1) is 19.7 Å². The maximum Gasteiger partial charge on any atom is 0.227 e. The second-order valence-electron chi connectivity index (χ2n) is 9.31. The van der Waals surface area contributed by atoms with Crippen molar-refractivity contribution in [3.05, 3.63) is 72.4 Å². The zero-order valence-electron chi connectivity index (χ0n) is 21.4. The van der Waals surface area contributed by atoms with E-state index in [-0.39, 0.29) is 5.92 Å². The van der Waals surface area contributed by atoms with Crippen LogP contribution in [0.1, 0.15) is 25.3 Å². The highest BCUT2D eigenvalue weighted by Crippen LogP contribution is 2.33. The molecular weight excluding hydrogens is 450 g/mol. The fourth-order valence-corrected chi connectivity index (χ4v) is 4.80. The molecule has 0 amide bonds. The monoisotopic (exact) mass is 483 g/mol. The summed E-state index contributed by atoms with van der Waals surface area (Å²) in [4.78, 5) is 14.2. The van der Waals surface area contributed by atoms with E-state index in [2.05, 4.69) is 70.3 Å². The summed E-state index contributed by atoms with van der Waals surface area (Å²) >= 11 is 0. The molecule has 4 aromatic rings. The molecule has 1 saturated heterocycles. The number of benzene rings is 3. The van der Waals surface area contributed by atoms with Gasteiger partial charge in [-0.05, 0) is 66.6 Å². The van der Waals surface area contributed by atoms with Crippen molar-refractivity contribution in [1.82, 2.24) is 9.97 Å². The molecular formula is C29H33N5O2. The Labute approximate surface area is 212 Å². The van der Waals surface area contributed by atoms with Gasteiger partial charge in [0.15, 0.2) is 0 Å². The SMILES string of the molecule is COc1ccc(N2CCN(c3ccc(Nc4ncc5ccc(OC)c(C(C)C)c5n4)cc3)CC2)cc1. The molecule has 0 spiro atoms. The highest BCUT2D eigenvalue weighted by molar-refractivity contribution is 5.85. The Morgan fingerprint density at radius 2 is 1.39 bits per heavy atom. The zero-order chi connectivity index (χ0) is 25.1. The Bertz CT molecular complexity index is 1310.